The molecule has 0 bridgehead atoms. The summed E-state index contributed by atoms with van der Waals surface area (Å²) in [5, 5.41) is 26.8. The number of nitrogens with two attached hydrogens (primary N) is 1. The third kappa shape index (κ3) is 7.02. The van der Waals surface area contributed by atoms with Crippen LogP contribution in [0, 0.1) is 5.92 Å². The van der Waals surface area contributed by atoms with Gasteiger partial charge in [-0.3, -0.25) is 14.4 Å². The van der Waals surface area contributed by atoms with E-state index in [1.807, 2.05) is 31.2 Å². The number of hydrogen-bond donors (Lipinski definition) is 7. The Bertz CT molecular complexity index is 991. The van der Waals surface area contributed by atoms with Crippen molar-refractivity contribution in [2.24, 2.45) is 11.7 Å². The number of aliphatic hydroxyl groups excluding tert-OH is 1. The number of nitrogens with one attached hydrogen (secondary N) is 4. The molecular weight excluding hydrogens is 430 g/mol. The number of benzene rings is 1. The lowest BCUT2D eigenvalue weighted by Gasteiger charge is -2.22. The Kier molecular flexibility index (Phi) is 9.37. The van der Waals surface area contributed by atoms with Crippen LogP contribution in [0.1, 0.15) is 25.8 Å². The number of carbonyl (C=O) groups excluding carboxylic acids is 3. The standard InChI is InChI=1S/C22H31N5O6/c1-3-12(2)19(23)21(31)27-17(11-28)20(30)25-10-18(29)26-16(22(32)33)8-13-9-24-15-7-5-4-6-14(13)15/h4-7,9,12,16-17,19,24,28H,3,8,10-11,23H2,1-2H3,(H,25,30)(H,26,29)(H,27,31)(H,32,33). The van der Waals surface area contributed by atoms with Gasteiger partial charge in [-0.05, 0) is 17.5 Å². The summed E-state index contributed by atoms with van der Waals surface area (Å²) in [6, 6.07) is 4.03. The summed E-state index contributed by atoms with van der Waals surface area (Å²) in [6.45, 7) is 2.44. The number of aromatic amines is 1. The number of aliphatic hydroxyl groups is 1. The number of carboxylic acids is 1. The van der Waals surface area contributed by atoms with Gasteiger partial charge in [0.1, 0.15) is 12.1 Å². The molecule has 1 aromatic carbocycles. The van der Waals surface area contributed by atoms with E-state index in [-0.39, 0.29) is 12.3 Å². The largest absolute Gasteiger partial charge is 0.480 e. The van der Waals surface area contributed by atoms with Gasteiger partial charge in [0.15, 0.2) is 0 Å². The second-order valence-corrected chi connectivity index (χ2v) is 7.89. The average Bonchev–Trinajstić information content (AvgIpc) is 3.22. The van der Waals surface area contributed by atoms with E-state index < -0.39 is 55.0 Å². The molecule has 11 nitrogen and oxygen atoms in total. The van der Waals surface area contributed by atoms with Gasteiger partial charge in [0.2, 0.25) is 17.7 Å². The second kappa shape index (κ2) is 12.0. The summed E-state index contributed by atoms with van der Waals surface area (Å²) in [5.41, 5.74) is 7.40. The van der Waals surface area contributed by atoms with Crippen LogP contribution in [0.15, 0.2) is 30.5 Å². The number of amides is 3. The van der Waals surface area contributed by atoms with E-state index in [0.717, 1.165) is 16.5 Å². The van der Waals surface area contributed by atoms with Gasteiger partial charge in [-0.25, -0.2) is 4.79 Å². The number of carboxylic acid groups (broad SMARTS) is 1. The average molecular weight is 462 g/mol. The Morgan fingerprint density at radius 2 is 1.79 bits per heavy atom. The van der Waals surface area contributed by atoms with E-state index in [2.05, 4.69) is 20.9 Å². The number of carbonyl (C=O) groups is 4. The highest BCUT2D eigenvalue weighted by Gasteiger charge is 2.27. The lowest BCUT2D eigenvalue weighted by atomic mass is 9.99. The molecule has 0 spiro atoms. The van der Waals surface area contributed by atoms with Crippen molar-refractivity contribution >= 4 is 34.6 Å². The van der Waals surface area contributed by atoms with E-state index in [4.69, 9.17) is 5.73 Å². The molecule has 2 aromatic rings. The van der Waals surface area contributed by atoms with Crippen molar-refractivity contribution in [3.05, 3.63) is 36.0 Å². The smallest absolute Gasteiger partial charge is 0.326 e. The Morgan fingerprint density at radius 1 is 1.09 bits per heavy atom. The molecule has 11 heteroatoms. The van der Waals surface area contributed by atoms with Crippen LogP contribution in [0.3, 0.4) is 0 Å². The van der Waals surface area contributed by atoms with Crippen LogP contribution in [0.25, 0.3) is 10.9 Å². The minimum absolute atomic E-state index is 0.0435. The molecule has 1 aromatic heterocycles. The number of aromatic nitrogens is 1. The van der Waals surface area contributed by atoms with Gasteiger partial charge in [0, 0.05) is 23.5 Å². The van der Waals surface area contributed by atoms with Gasteiger partial charge >= 0.3 is 5.97 Å². The number of aliphatic carboxylic acids is 1. The summed E-state index contributed by atoms with van der Waals surface area (Å²) in [6.07, 6.45) is 2.39. The zero-order chi connectivity index (χ0) is 24.5. The molecule has 1 heterocycles. The van der Waals surface area contributed by atoms with E-state index >= 15 is 0 Å². The first-order valence-corrected chi connectivity index (χ1v) is 10.7. The first-order chi connectivity index (χ1) is 15.7. The third-order valence-corrected chi connectivity index (χ3v) is 5.53. The fourth-order valence-corrected chi connectivity index (χ4v) is 3.23. The van der Waals surface area contributed by atoms with E-state index in [9.17, 15) is 29.4 Å². The quantitative estimate of drug-likeness (QED) is 0.216. The molecule has 0 aliphatic rings. The maximum atomic E-state index is 12.3. The summed E-state index contributed by atoms with van der Waals surface area (Å²) in [7, 11) is 0. The highest BCUT2D eigenvalue weighted by atomic mass is 16.4. The molecule has 4 atom stereocenters. The molecule has 33 heavy (non-hydrogen) atoms. The molecule has 0 fully saturated rings. The lowest BCUT2D eigenvalue weighted by Crippen LogP contribution is -2.55. The van der Waals surface area contributed by atoms with Gasteiger partial charge in [-0.2, -0.15) is 0 Å². The number of H-pyrrole nitrogens is 1. The Morgan fingerprint density at radius 3 is 2.42 bits per heavy atom. The van der Waals surface area contributed by atoms with Crippen LogP contribution in [0.5, 0.6) is 0 Å². The zero-order valence-corrected chi connectivity index (χ0v) is 18.6. The number of para-hydroxylation sites is 1. The van der Waals surface area contributed by atoms with Crippen LogP contribution < -0.4 is 21.7 Å². The van der Waals surface area contributed by atoms with Gasteiger partial charge in [-0.1, -0.05) is 38.5 Å². The Balaban J connectivity index is 1.91. The lowest BCUT2D eigenvalue weighted by molar-refractivity contribution is -0.141. The van der Waals surface area contributed by atoms with Crippen molar-refractivity contribution < 1.29 is 29.4 Å². The van der Waals surface area contributed by atoms with E-state index in [0.29, 0.717) is 6.42 Å². The number of hydrogen-bond acceptors (Lipinski definition) is 6. The van der Waals surface area contributed by atoms with Gasteiger partial charge < -0.3 is 36.9 Å². The van der Waals surface area contributed by atoms with Crippen LogP contribution in [0.4, 0.5) is 0 Å². The first-order valence-electron chi connectivity index (χ1n) is 10.7. The molecule has 0 radical (unpaired) electrons. The number of rotatable bonds is 12. The topological polar surface area (TPSA) is 187 Å². The number of fused-ring (bicyclic) bond motifs is 1. The SMILES string of the molecule is CCC(C)C(N)C(=O)NC(CO)C(=O)NCC(=O)NC(Cc1c[nH]c2ccccc12)C(=O)O. The Labute approximate surface area is 191 Å². The highest BCUT2D eigenvalue weighted by molar-refractivity contribution is 5.93. The fourth-order valence-electron chi connectivity index (χ4n) is 3.23. The minimum Gasteiger partial charge on any atom is -0.480 e. The van der Waals surface area contributed by atoms with Crippen molar-refractivity contribution in [3.8, 4) is 0 Å². The zero-order valence-electron chi connectivity index (χ0n) is 18.6. The maximum Gasteiger partial charge on any atom is 0.326 e. The van der Waals surface area contributed by atoms with Crippen LogP contribution in [0.2, 0.25) is 0 Å². The highest BCUT2D eigenvalue weighted by Crippen LogP contribution is 2.19. The molecule has 0 aliphatic carbocycles. The predicted molar refractivity (Wildman–Crippen MR) is 121 cm³/mol. The van der Waals surface area contributed by atoms with E-state index in [1.165, 1.54) is 0 Å². The van der Waals surface area contributed by atoms with Crippen molar-refractivity contribution in [3.63, 3.8) is 0 Å². The Hall–Kier alpha value is -3.44. The van der Waals surface area contributed by atoms with Crippen molar-refractivity contribution in [2.45, 2.75) is 44.8 Å². The normalized spacial score (nSPS) is 14.7. The predicted octanol–water partition coefficient (Wildman–Crippen LogP) is -0.753. The summed E-state index contributed by atoms with van der Waals surface area (Å²) >= 11 is 0. The fraction of sp³-hybridized carbons (Fsp3) is 0.455. The van der Waals surface area contributed by atoms with Crippen LogP contribution in [-0.4, -0.2) is 70.2 Å². The first kappa shape index (κ1) is 25.8. The maximum absolute atomic E-state index is 12.3. The van der Waals surface area contributed by atoms with Crippen molar-refractivity contribution in [2.75, 3.05) is 13.2 Å². The molecule has 0 saturated carbocycles. The molecule has 4 unspecified atom stereocenters. The van der Waals surface area contributed by atoms with Crippen LogP contribution in [-0.2, 0) is 25.6 Å². The van der Waals surface area contributed by atoms with Crippen molar-refractivity contribution in [1.82, 2.24) is 20.9 Å². The molecule has 3 amide bonds. The summed E-state index contributed by atoms with van der Waals surface area (Å²) < 4.78 is 0. The van der Waals surface area contributed by atoms with Crippen molar-refractivity contribution in [1.29, 1.82) is 0 Å². The third-order valence-electron chi connectivity index (χ3n) is 5.53. The summed E-state index contributed by atoms with van der Waals surface area (Å²) in [4.78, 5) is 51.4. The second-order valence-electron chi connectivity index (χ2n) is 7.89. The van der Waals surface area contributed by atoms with Crippen LogP contribution >= 0.6 is 0 Å². The molecule has 8 N–H and O–H groups in total. The van der Waals surface area contributed by atoms with Gasteiger partial charge in [0.05, 0.1) is 19.2 Å². The minimum atomic E-state index is -1.29. The van der Waals surface area contributed by atoms with Gasteiger partial charge in [0.25, 0.3) is 0 Å². The molecule has 180 valence electrons. The molecule has 0 saturated heterocycles. The molecule has 2 rings (SSSR count). The summed E-state index contributed by atoms with van der Waals surface area (Å²) in [5.74, 6) is -3.45. The molecule has 0 aliphatic heterocycles. The molecular formula is C22H31N5O6. The van der Waals surface area contributed by atoms with E-state index in [1.54, 1.807) is 13.1 Å². The van der Waals surface area contributed by atoms with Gasteiger partial charge in [-0.15, -0.1) is 0 Å². The monoisotopic (exact) mass is 461 g/mol.